The van der Waals surface area contributed by atoms with Gasteiger partial charge in [-0.25, -0.2) is 0 Å². The summed E-state index contributed by atoms with van der Waals surface area (Å²) in [6.07, 6.45) is 5.66. The Morgan fingerprint density at radius 2 is 1.27 bits per heavy atom. The van der Waals surface area contributed by atoms with Gasteiger partial charge in [0.1, 0.15) is 0 Å². The lowest BCUT2D eigenvalue weighted by atomic mass is 9.89. The Morgan fingerprint density at radius 3 is 1.92 bits per heavy atom. The van der Waals surface area contributed by atoms with Crippen LogP contribution in [0.2, 0.25) is 0 Å². The maximum Gasteiger partial charge on any atom is 0.261 e. The van der Waals surface area contributed by atoms with Gasteiger partial charge in [0.15, 0.2) is 6.29 Å². The van der Waals surface area contributed by atoms with E-state index in [4.69, 9.17) is 9.47 Å². The second-order valence-electron chi connectivity index (χ2n) is 13.4. The number of ether oxygens (including phenoxy) is 2. The average Bonchev–Trinajstić information content (AvgIpc) is 3.35. The van der Waals surface area contributed by atoms with Crippen molar-refractivity contribution >= 4 is 11.8 Å². The van der Waals surface area contributed by atoms with Gasteiger partial charge >= 0.3 is 0 Å². The number of aliphatic hydroxyl groups is 1. The van der Waals surface area contributed by atoms with Crippen LogP contribution in [0.4, 0.5) is 0 Å². The number of imide groups is 1. The third kappa shape index (κ3) is 6.74. The predicted octanol–water partition coefficient (Wildman–Crippen LogP) is 7.70. The van der Waals surface area contributed by atoms with Crippen molar-refractivity contribution in [1.29, 1.82) is 0 Å². The zero-order chi connectivity index (χ0) is 33.0. The number of nitrogens with zero attached hydrogens (tertiary/aromatic N) is 2. The fourth-order valence-corrected chi connectivity index (χ4v) is 7.39. The molecule has 2 fully saturated rings. The standard InChI is InChI=1S/C41H44N2O5/c1-28-37(26-42-23-9-3-2-4-10-24-42)47-41(48-38(28)31-17-15-29(27-44)16-18-31)32-21-19-30(20-22-32)34-12-6-5-11-33(34)25-43-39(45)35-13-7-8-14-36(35)40(43)46/h5-8,11-22,28,37-38,41,44H,2-4,9-10,23-27H2,1H3. The van der Waals surface area contributed by atoms with Crippen molar-refractivity contribution in [2.75, 3.05) is 19.6 Å². The lowest BCUT2D eigenvalue weighted by Gasteiger charge is -2.43. The second-order valence-corrected chi connectivity index (χ2v) is 13.4. The summed E-state index contributed by atoms with van der Waals surface area (Å²) in [6.45, 7) is 5.51. The summed E-state index contributed by atoms with van der Waals surface area (Å²) >= 11 is 0. The van der Waals surface area contributed by atoms with Crippen LogP contribution < -0.4 is 0 Å². The molecule has 2 amide bonds. The monoisotopic (exact) mass is 644 g/mol. The molecule has 3 heterocycles. The summed E-state index contributed by atoms with van der Waals surface area (Å²) in [5.74, 6) is -0.375. The van der Waals surface area contributed by atoms with Crippen molar-refractivity contribution in [3.05, 3.63) is 130 Å². The number of rotatable bonds is 8. The molecule has 4 aromatic rings. The molecule has 2 saturated heterocycles. The molecule has 3 aliphatic rings. The van der Waals surface area contributed by atoms with Crippen LogP contribution in [0, 0.1) is 5.92 Å². The highest BCUT2D eigenvalue weighted by Crippen LogP contribution is 2.42. The van der Waals surface area contributed by atoms with Gasteiger partial charge < -0.3 is 19.5 Å². The average molecular weight is 645 g/mol. The molecule has 0 spiro atoms. The lowest BCUT2D eigenvalue weighted by Crippen LogP contribution is -2.45. The summed E-state index contributed by atoms with van der Waals surface area (Å²) in [7, 11) is 0. The molecule has 3 aliphatic heterocycles. The first-order valence-corrected chi connectivity index (χ1v) is 17.4. The minimum atomic E-state index is -0.536. The van der Waals surface area contributed by atoms with E-state index in [9.17, 15) is 14.7 Å². The van der Waals surface area contributed by atoms with Gasteiger partial charge in [-0.2, -0.15) is 0 Å². The number of fused-ring (bicyclic) bond motifs is 1. The van der Waals surface area contributed by atoms with E-state index in [1.54, 1.807) is 24.3 Å². The van der Waals surface area contributed by atoms with Crippen molar-refractivity contribution in [3.8, 4) is 11.1 Å². The van der Waals surface area contributed by atoms with Crippen LogP contribution in [0.5, 0.6) is 0 Å². The molecule has 4 aromatic carbocycles. The fraction of sp³-hybridized carbons (Fsp3) is 0.366. The Morgan fingerprint density at radius 1 is 0.688 bits per heavy atom. The lowest BCUT2D eigenvalue weighted by molar-refractivity contribution is -0.276. The molecule has 0 aromatic heterocycles. The first kappa shape index (κ1) is 32.4. The molecule has 7 heteroatoms. The zero-order valence-electron chi connectivity index (χ0n) is 27.6. The molecule has 1 N–H and O–H groups in total. The molecular formula is C41H44N2O5. The first-order valence-electron chi connectivity index (χ1n) is 17.4. The van der Waals surface area contributed by atoms with Crippen molar-refractivity contribution in [2.45, 2.75) is 70.7 Å². The van der Waals surface area contributed by atoms with Gasteiger partial charge in [0.05, 0.1) is 36.5 Å². The highest BCUT2D eigenvalue weighted by atomic mass is 16.7. The maximum atomic E-state index is 13.1. The minimum absolute atomic E-state index is 0.00856. The molecule has 0 radical (unpaired) electrons. The number of likely N-dealkylation sites (tertiary alicyclic amines) is 1. The number of benzene rings is 4. The highest BCUT2D eigenvalue weighted by molar-refractivity contribution is 6.21. The van der Waals surface area contributed by atoms with Crippen LogP contribution in [0.3, 0.4) is 0 Å². The summed E-state index contributed by atoms with van der Waals surface area (Å²) in [5.41, 5.74) is 6.68. The van der Waals surface area contributed by atoms with Crippen LogP contribution in [-0.4, -0.2) is 52.5 Å². The Kier molecular flexibility index (Phi) is 9.82. The highest BCUT2D eigenvalue weighted by Gasteiger charge is 2.39. The SMILES string of the molecule is CC1C(CN2CCCCCCC2)OC(c2ccc(-c3ccccc3CN3C(=O)c4ccccc4C3=O)cc2)OC1c1ccc(CO)cc1. The number of carbonyl (C=O) groups excluding carboxylic acids is 2. The molecule has 48 heavy (non-hydrogen) atoms. The summed E-state index contributed by atoms with van der Waals surface area (Å²) in [5, 5.41) is 9.61. The normalized spacial score (nSPS) is 23.5. The van der Waals surface area contributed by atoms with E-state index in [-0.39, 0.29) is 43.1 Å². The Balaban J connectivity index is 1.13. The van der Waals surface area contributed by atoms with Crippen LogP contribution in [-0.2, 0) is 22.6 Å². The number of amides is 2. The van der Waals surface area contributed by atoms with E-state index in [0.717, 1.165) is 53.0 Å². The summed E-state index contributed by atoms with van der Waals surface area (Å²) in [6, 6.07) is 31.3. The van der Waals surface area contributed by atoms with Gasteiger partial charge in [-0.15, -0.1) is 0 Å². The van der Waals surface area contributed by atoms with Gasteiger partial charge in [0.2, 0.25) is 0 Å². The smallest absolute Gasteiger partial charge is 0.261 e. The molecule has 0 bridgehead atoms. The van der Waals surface area contributed by atoms with Gasteiger partial charge in [0.25, 0.3) is 11.8 Å². The van der Waals surface area contributed by atoms with Crippen LogP contribution >= 0.6 is 0 Å². The Labute approximate surface area is 283 Å². The summed E-state index contributed by atoms with van der Waals surface area (Å²) < 4.78 is 13.5. The fourth-order valence-electron chi connectivity index (χ4n) is 7.39. The van der Waals surface area contributed by atoms with Crippen LogP contribution in [0.25, 0.3) is 11.1 Å². The molecule has 0 saturated carbocycles. The van der Waals surface area contributed by atoms with E-state index in [1.807, 2.05) is 36.4 Å². The van der Waals surface area contributed by atoms with E-state index in [1.165, 1.54) is 37.0 Å². The maximum absolute atomic E-state index is 13.1. The van der Waals surface area contributed by atoms with Crippen LogP contribution in [0.1, 0.15) is 94.4 Å². The molecule has 248 valence electrons. The molecular weight excluding hydrogens is 600 g/mol. The topological polar surface area (TPSA) is 79.3 Å². The third-order valence-electron chi connectivity index (χ3n) is 10.2. The molecule has 0 aliphatic carbocycles. The summed E-state index contributed by atoms with van der Waals surface area (Å²) in [4.78, 5) is 30.1. The molecule has 4 unspecified atom stereocenters. The van der Waals surface area contributed by atoms with E-state index in [0.29, 0.717) is 11.1 Å². The van der Waals surface area contributed by atoms with E-state index >= 15 is 0 Å². The minimum Gasteiger partial charge on any atom is -0.392 e. The third-order valence-corrected chi connectivity index (χ3v) is 10.2. The van der Waals surface area contributed by atoms with Gasteiger partial charge in [-0.1, -0.05) is 111 Å². The molecule has 7 rings (SSSR count). The number of carbonyl (C=O) groups is 2. The van der Waals surface area contributed by atoms with Crippen LogP contribution in [0.15, 0.2) is 97.1 Å². The van der Waals surface area contributed by atoms with Gasteiger partial charge in [-0.3, -0.25) is 14.5 Å². The number of aliphatic hydroxyl groups excluding tert-OH is 1. The predicted molar refractivity (Wildman–Crippen MR) is 185 cm³/mol. The van der Waals surface area contributed by atoms with Crippen molar-refractivity contribution in [2.24, 2.45) is 5.92 Å². The van der Waals surface area contributed by atoms with Crippen molar-refractivity contribution in [3.63, 3.8) is 0 Å². The van der Waals surface area contributed by atoms with Crippen molar-refractivity contribution < 1.29 is 24.2 Å². The second kappa shape index (κ2) is 14.5. The number of hydrogen-bond acceptors (Lipinski definition) is 6. The molecule has 7 nitrogen and oxygen atoms in total. The van der Waals surface area contributed by atoms with Gasteiger partial charge in [-0.05, 0) is 65.9 Å². The quantitative estimate of drug-likeness (QED) is 0.198. The zero-order valence-corrected chi connectivity index (χ0v) is 27.6. The Hall–Kier alpha value is -4.14. The Bertz CT molecular complexity index is 1690. The first-order chi connectivity index (χ1) is 23.5. The van der Waals surface area contributed by atoms with Gasteiger partial charge in [0, 0.05) is 18.0 Å². The largest absolute Gasteiger partial charge is 0.392 e. The number of hydrogen-bond donors (Lipinski definition) is 1. The molecule has 4 atom stereocenters. The van der Waals surface area contributed by atoms with E-state index in [2.05, 4.69) is 48.2 Å². The van der Waals surface area contributed by atoms with Crippen molar-refractivity contribution in [1.82, 2.24) is 9.80 Å². The van der Waals surface area contributed by atoms with E-state index < -0.39 is 6.29 Å².